The van der Waals surface area contributed by atoms with Crippen LogP contribution in [0.25, 0.3) is 0 Å². The summed E-state index contributed by atoms with van der Waals surface area (Å²) in [6.07, 6.45) is 3.91. The van der Waals surface area contributed by atoms with E-state index in [9.17, 15) is 14.7 Å². The maximum Gasteiger partial charge on any atom is 0.253 e. The van der Waals surface area contributed by atoms with Crippen molar-refractivity contribution in [1.29, 1.82) is 0 Å². The van der Waals surface area contributed by atoms with Crippen molar-refractivity contribution in [3.05, 3.63) is 64.9 Å². The van der Waals surface area contributed by atoms with Gasteiger partial charge in [-0.1, -0.05) is 23.7 Å². The van der Waals surface area contributed by atoms with Crippen LogP contribution in [0, 0.1) is 0 Å². The minimum Gasteiger partial charge on any atom is -0.385 e. The van der Waals surface area contributed by atoms with E-state index >= 15 is 0 Å². The number of piperidine rings is 1. The van der Waals surface area contributed by atoms with Crippen LogP contribution in [0.1, 0.15) is 35.7 Å². The molecule has 7 heteroatoms. The molecule has 27 heavy (non-hydrogen) atoms. The van der Waals surface area contributed by atoms with Gasteiger partial charge in [0, 0.05) is 30.5 Å². The lowest BCUT2D eigenvalue weighted by molar-refractivity contribution is -0.137. The zero-order valence-corrected chi connectivity index (χ0v) is 15.8. The Kier molecular flexibility index (Phi) is 5.77. The number of benzene rings is 1. The molecule has 6 nitrogen and oxygen atoms in total. The van der Waals surface area contributed by atoms with E-state index in [1.807, 2.05) is 12.1 Å². The number of halogens is 1. The molecule has 0 spiro atoms. The van der Waals surface area contributed by atoms with Crippen molar-refractivity contribution in [2.45, 2.75) is 31.4 Å². The molecule has 0 bridgehead atoms. The monoisotopic (exact) mass is 387 g/mol. The SMILES string of the molecule is C[C@@H](NC(=O)c1cccnc1)C(=O)N1CCC(O)(c2ccc(Cl)cc2)CC1. The smallest absolute Gasteiger partial charge is 0.253 e. The minimum absolute atomic E-state index is 0.162. The van der Waals surface area contributed by atoms with Crippen LogP contribution in [-0.2, 0) is 10.4 Å². The number of amides is 2. The van der Waals surface area contributed by atoms with E-state index in [0.717, 1.165) is 5.56 Å². The fourth-order valence-electron chi connectivity index (χ4n) is 3.26. The van der Waals surface area contributed by atoms with Gasteiger partial charge in [0.2, 0.25) is 5.91 Å². The van der Waals surface area contributed by atoms with E-state index in [1.165, 1.54) is 6.20 Å². The Morgan fingerprint density at radius 2 is 1.89 bits per heavy atom. The highest BCUT2D eigenvalue weighted by Crippen LogP contribution is 2.33. The molecule has 0 aliphatic carbocycles. The van der Waals surface area contributed by atoms with Crippen molar-refractivity contribution in [2.75, 3.05) is 13.1 Å². The van der Waals surface area contributed by atoms with Gasteiger partial charge in [-0.2, -0.15) is 0 Å². The van der Waals surface area contributed by atoms with Crippen molar-refractivity contribution in [3.63, 3.8) is 0 Å². The minimum atomic E-state index is -0.969. The molecular weight excluding hydrogens is 366 g/mol. The summed E-state index contributed by atoms with van der Waals surface area (Å²) >= 11 is 5.91. The first-order valence-electron chi connectivity index (χ1n) is 8.87. The molecule has 1 aliphatic rings. The van der Waals surface area contributed by atoms with Gasteiger partial charge in [-0.3, -0.25) is 14.6 Å². The zero-order chi connectivity index (χ0) is 19.4. The van der Waals surface area contributed by atoms with Crippen LogP contribution in [0.2, 0.25) is 5.02 Å². The molecule has 1 aliphatic heterocycles. The highest BCUT2D eigenvalue weighted by molar-refractivity contribution is 6.30. The number of pyridine rings is 1. The number of likely N-dealkylation sites (tertiary alicyclic amines) is 1. The zero-order valence-electron chi connectivity index (χ0n) is 15.1. The van der Waals surface area contributed by atoms with Crippen LogP contribution >= 0.6 is 11.6 Å². The topological polar surface area (TPSA) is 82.5 Å². The molecule has 2 amide bonds. The number of aliphatic hydroxyl groups is 1. The first kappa shape index (κ1) is 19.3. The number of carbonyl (C=O) groups is 2. The summed E-state index contributed by atoms with van der Waals surface area (Å²) in [4.78, 5) is 30.4. The van der Waals surface area contributed by atoms with Gasteiger partial charge in [0.1, 0.15) is 6.04 Å². The lowest BCUT2D eigenvalue weighted by Gasteiger charge is -2.39. The molecule has 1 atom stereocenters. The number of rotatable bonds is 4. The Balaban J connectivity index is 1.57. The Labute approximate surface area is 163 Å². The second kappa shape index (κ2) is 8.06. The Morgan fingerprint density at radius 1 is 1.22 bits per heavy atom. The van der Waals surface area contributed by atoms with E-state index in [-0.39, 0.29) is 11.8 Å². The molecule has 1 aromatic heterocycles. The Hall–Kier alpha value is -2.44. The fourth-order valence-corrected chi connectivity index (χ4v) is 3.38. The molecule has 1 fully saturated rings. The Bertz CT molecular complexity index is 803. The molecule has 0 unspecified atom stereocenters. The van der Waals surface area contributed by atoms with Crippen molar-refractivity contribution < 1.29 is 14.7 Å². The van der Waals surface area contributed by atoms with Crippen molar-refractivity contribution >= 4 is 23.4 Å². The first-order valence-corrected chi connectivity index (χ1v) is 9.25. The van der Waals surface area contributed by atoms with Gasteiger partial charge < -0.3 is 15.3 Å². The molecule has 2 aromatic rings. The van der Waals surface area contributed by atoms with Crippen LogP contribution in [0.15, 0.2) is 48.8 Å². The third-order valence-electron chi connectivity index (χ3n) is 4.93. The molecule has 0 radical (unpaired) electrons. The average Bonchev–Trinajstić information content (AvgIpc) is 2.69. The first-order chi connectivity index (χ1) is 12.9. The molecule has 3 rings (SSSR count). The van der Waals surface area contributed by atoms with Crippen LogP contribution in [0.4, 0.5) is 0 Å². The van der Waals surface area contributed by atoms with Gasteiger partial charge >= 0.3 is 0 Å². The summed E-state index contributed by atoms with van der Waals surface area (Å²) in [5.41, 5.74) is 0.244. The predicted molar refractivity (Wildman–Crippen MR) is 102 cm³/mol. The van der Waals surface area contributed by atoms with Gasteiger partial charge in [-0.05, 0) is 49.6 Å². The van der Waals surface area contributed by atoms with Gasteiger partial charge in [0.25, 0.3) is 5.91 Å². The second-order valence-corrected chi connectivity index (χ2v) is 7.24. The van der Waals surface area contributed by atoms with E-state index in [2.05, 4.69) is 10.3 Å². The van der Waals surface area contributed by atoms with Crippen molar-refractivity contribution in [3.8, 4) is 0 Å². The van der Waals surface area contributed by atoms with Gasteiger partial charge in [0.05, 0.1) is 11.2 Å². The number of hydrogen-bond donors (Lipinski definition) is 2. The normalized spacial score (nSPS) is 17.2. The van der Waals surface area contributed by atoms with Crippen molar-refractivity contribution in [2.24, 2.45) is 0 Å². The van der Waals surface area contributed by atoms with Gasteiger partial charge in [-0.15, -0.1) is 0 Å². The Morgan fingerprint density at radius 3 is 2.48 bits per heavy atom. The van der Waals surface area contributed by atoms with Crippen molar-refractivity contribution in [1.82, 2.24) is 15.2 Å². The van der Waals surface area contributed by atoms with E-state index in [1.54, 1.807) is 42.3 Å². The standard InChI is InChI=1S/C20H22ClN3O3/c1-14(23-18(25)15-3-2-10-22-13-15)19(26)24-11-8-20(27,9-12-24)16-4-6-17(21)7-5-16/h2-7,10,13-14,27H,8-9,11-12H2,1H3,(H,23,25)/t14-/m1/s1. The quantitative estimate of drug-likeness (QED) is 0.843. The number of aromatic nitrogens is 1. The van der Waals surface area contributed by atoms with Crippen LogP contribution in [0.5, 0.6) is 0 Å². The summed E-state index contributed by atoms with van der Waals surface area (Å²) in [6, 6.07) is 9.80. The van der Waals surface area contributed by atoms with Crippen LogP contribution < -0.4 is 5.32 Å². The van der Waals surface area contributed by atoms with Crippen LogP contribution in [0.3, 0.4) is 0 Å². The summed E-state index contributed by atoms with van der Waals surface area (Å²) in [5, 5.41) is 14.2. The number of carbonyl (C=O) groups excluding carboxylic acids is 2. The largest absolute Gasteiger partial charge is 0.385 e. The second-order valence-electron chi connectivity index (χ2n) is 6.80. The number of nitrogens with zero attached hydrogens (tertiary/aromatic N) is 2. The summed E-state index contributed by atoms with van der Waals surface area (Å²) in [7, 11) is 0. The molecule has 142 valence electrons. The van der Waals surface area contributed by atoms with Crippen LogP contribution in [-0.4, -0.2) is 45.9 Å². The number of hydrogen-bond acceptors (Lipinski definition) is 4. The molecule has 1 saturated heterocycles. The average molecular weight is 388 g/mol. The highest BCUT2D eigenvalue weighted by Gasteiger charge is 2.36. The molecule has 1 aromatic carbocycles. The number of nitrogens with one attached hydrogen (secondary N) is 1. The third-order valence-corrected chi connectivity index (χ3v) is 5.18. The summed E-state index contributed by atoms with van der Waals surface area (Å²) in [6.45, 7) is 2.51. The lowest BCUT2D eigenvalue weighted by atomic mass is 9.84. The maximum atomic E-state index is 12.7. The maximum absolute atomic E-state index is 12.7. The fraction of sp³-hybridized carbons (Fsp3) is 0.350. The third kappa shape index (κ3) is 4.46. The summed E-state index contributed by atoms with van der Waals surface area (Å²) < 4.78 is 0. The van der Waals surface area contributed by atoms with E-state index in [4.69, 9.17) is 11.6 Å². The summed E-state index contributed by atoms with van der Waals surface area (Å²) in [5.74, 6) is -0.496. The van der Waals surface area contributed by atoms with Gasteiger partial charge in [-0.25, -0.2) is 0 Å². The lowest BCUT2D eigenvalue weighted by Crippen LogP contribution is -2.51. The molecule has 0 saturated carbocycles. The van der Waals surface area contributed by atoms with Gasteiger partial charge in [0.15, 0.2) is 0 Å². The van der Waals surface area contributed by atoms with E-state index in [0.29, 0.717) is 36.5 Å². The molecule has 2 N–H and O–H groups in total. The molecule has 2 heterocycles. The molecular formula is C20H22ClN3O3. The predicted octanol–water partition coefficient (Wildman–Crippen LogP) is 2.36. The van der Waals surface area contributed by atoms with E-state index < -0.39 is 11.6 Å². The highest BCUT2D eigenvalue weighted by atomic mass is 35.5.